The van der Waals surface area contributed by atoms with Crippen LogP contribution >= 0.6 is 46.0 Å². The number of rotatable bonds is 0. The van der Waals surface area contributed by atoms with Crippen LogP contribution in [0.25, 0.3) is 0 Å². The average molecular weight is 447 g/mol. The summed E-state index contributed by atoms with van der Waals surface area (Å²) in [4.78, 5) is 27.8. The molecule has 0 unspecified atom stereocenters. The maximum absolute atomic E-state index is 8.00. The fourth-order valence-corrected chi connectivity index (χ4v) is 2.60. The number of hydrogen-bond acceptors (Lipinski definition) is 13. The number of thiocarbonyl (C=S) groups is 2. The molecule has 0 amide bonds. The summed E-state index contributed by atoms with van der Waals surface area (Å²) in [5, 5.41) is 27.0. The molecule has 0 spiro atoms. The molecule has 0 aliphatic heterocycles. The van der Waals surface area contributed by atoms with Crippen molar-refractivity contribution in [1.82, 2.24) is 9.80 Å². The number of hydrogen-bond donors (Lipinski definition) is 0. The van der Waals surface area contributed by atoms with Crippen LogP contribution in [-0.2, 0) is 0 Å². The SMILES string of the molecule is CN(C)C(=S)SSC(=S)N(C)C.O=N[O-].O=N[O-].O=N[O-].[Na+].[Na+].[Na+]. The Morgan fingerprint density at radius 3 is 0.917 bits per heavy atom. The Hall–Kier alpha value is 1.68. The quantitative estimate of drug-likeness (QED) is 0.114. The minimum absolute atomic E-state index is 0. The van der Waals surface area contributed by atoms with Crippen molar-refractivity contribution in [3.8, 4) is 0 Å². The molecule has 0 radical (unpaired) electrons. The normalized spacial score (nSPS) is 6.17. The average Bonchev–Trinajstić information content (AvgIpc) is 2.38. The summed E-state index contributed by atoms with van der Waals surface area (Å²) < 4.78 is 1.67. The van der Waals surface area contributed by atoms with Gasteiger partial charge < -0.3 is 40.1 Å². The van der Waals surface area contributed by atoms with E-state index < -0.39 is 0 Å². The van der Waals surface area contributed by atoms with Crippen molar-refractivity contribution in [2.75, 3.05) is 28.2 Å². The van der Waals surface area contributed by atoms with Crippen LogP contribution in [-0.4, -0.2) is 46.6 Å². The first-order valence-corrected chi connectivity index (χ1v) is 7.28. The molecule has 124 valence electrons. The van der Waals surface area contributed by atoms with Gasteiger partial charge in [-0.3, -0.25) is 0 Å². The molecule has 0 saturated carbocycles. The standard InChI is InChI=1S/C6H12N2S4.3HNO2.3Na/c1-7(2)5(9)11-12-6(10)8(3)4;3*2-1-3;;;/h1-4H3;3*(H,2,3);;;/q;;;;3*+1/p-3. The Balaban J connectivity index is -0.0000000409. The van der Waals surface area contributed by atoms with E-state index in [0.29, 0.717) is 0 Å². The summed E-state index contributed by atoms with van der Waals surface area (Å²) in [6, 6.07) is 0. The van der Waals surface area contributed by atoms with Gasteiger partial charge >= 0.3 is 88.7 Å². The van der Waals surface area contributed by atoms with Crippen molar-refractivity contribution in [2.45, 2.75) is 0 Å². The smallest absolute Gasteiger partial charge is 0.444 e. The topological polar surface area (TPSA) is 164 Å². The predicted molar refractivity (Wildman–Crippen MR) is 95.2 cm³/mol. The van der Waals surface area contributed by atoms with Gasteiger partial charge in [0.15, 0.2) is 0 Å². The molecule has 0 aromatic heterocycles. The Bertz CT molecular complexity index is 284. The predicted octanol–water partition coefficient (Wildman–Crippen LogP) is -6.18. The van der Waals surface area contributed by atoms with Crippen LogP contribution in [0.4, 0.5) is 0 Å². The van der Waals surface area contributed by atoms with Crippen LogP contribution in [0.2, 0.25) is 0 Å². The van der Waals surface area contributed by atoms with Crippen molar-refractivity contribution in [3.05, 3.63) is 30.3 Å². The second-order valence-corrected chi connectivity index (χ2v) is 6.11. The molecule has 0 saturated heterocycles. The van der Waals surface area contributed by atoms with Gasteiger partial charge in [-0.25, -0.2) is 0 Å². The van der Waals surface area contributed by atoms with Gasteiger partial charge in [-0.1, -0.05) is 24.4 Å². The van der Waals surface area contributed by atoms with Gasteiger partial charge in [0.25, 0.3) is 0 Å². The first-order chi connectivity index (χ1) is 9.69. The summed E-state index contributed by atoms with van der Waals surface area (Å²) in [6.45, 7) is 0. The van der Waals surface area contributed by atoms with Crippen LogP contribution in [0.1, 0.15) is 0 Å². The zero-order chi connectivity index (χ0) is 17.8. The third kappa shape index (κ3) is 56.5. The van der Waals surface area contributed by atoms with E-state index in [-0.39, 0.29) is 88.7 Å². The molecule has 0 atom stereocenters. The molecule has 0 heterocycles. The summed E-state index contributed by atoms with van der Waals surface area (Å²) in [6.07, 6.45) is 0. The molecule has 24 heavy (non-hydrogen) atoms. The molecule has 0 aliphatic carbocycles. The Labute approximate surface area is 224 Å². The van der Waals surface area contributed by atoms with Gasteiger partial charge in [0.2, 0.25) is 0 Å². The van der Waals surface area contributed by atoms with Gasteiger partial charge in [-0.05, 0) is 21.6 Å². The molecule has 0 fully saturated rings. The Morgan fingerprint density at radius 2 is 0.833 bits per heavy atom. The minimum Gasteiger partial charge on any atom is -0.444 e. The summed E-state index contributed by atoms with van der Waals surface area (Å²) in [5.41, 5.74) is 0. The summed E-state index contributed by atoms with van der Waals surface area (Å²) in [5.74, 6) is 0. The van der Waals surface area contributed by atoms with E-state index in [1.807, 2.05) is 38.0 Å². The fourth-order valence-electron chi connectivity index (χ4n) is 0.220. The van der Waals surface area contributed by atoms with Crippen LogP contribution in [0.3, 0.4) is 0 Å². The van der Waals surface area contributed by atoms with Crippen molar-refractivity contribution in [3.63, 3.8) is 0 Å². The van der Waals surface area contributed by atoms with Crippen LogP contribution in [0, 0.1) is 30.3 Å². The van der Waals surface area contributed by atoms with Crippen molar-refractivity contribution in [1.29, 1.82) is 0 Å². The summed E-state index contributed by atoms with van der Waals surface area (Å²) in [7, 11) is 10.7. The molecular weight excluding hydrogens is 435 g/mol. The second kappa shape index (κ2) is 39.7. The van der Waals surface area contributed by atoms with Gasteiger partial charge in [0.05, 0.1) is 0 Å². The zero-order valence-corrected chi connectivity index (χ0v) is 23.6. The molecule has 0 rings (SSSR count). The van der Waals surface area contributed by atoms with E-state index >= 15 is 0 Å². The van der Waals surface area contributed by atoms with Crippen molar-refractivity contribution >= 4 is 54.7 Å². The largest absolute Gasteiger partial charge is 1.00 e. The zero-order valence-electron chi connectivity index (χ0n) is 14.3. The first kappa shape index (κ1) is 44.8. The Kier molecular flexibility index (Phi) is 74.1. The van der Waals surface area contributed by atoms with E-state index in [1.165, 1.54) is 21.6 Å². The van der Waals surface area contributed by atoms with Gasteiger partial charge in [-0.15, -0.1) is 16.0 Å². The molecule has 11 nitrogen and oxygen atoms in total. The molecule has 18 heteroatoms. The second-order valence-electron chi connectivity index (χ2n) is 2.71. The Morgan fingerprint density at radius 1 is 0.708 bits per heavy atom. The van der Waals surface area contributed by atoms with Gasteiger partial charge in [0.1, 0.15) is 8.64 Å². The van der Waals surface area contributed by atoms with Crippen LogP contribution in [0.15, 0.2) is 16.0 Å². The van der Waals surface area contributed by atoms with E-state index in [0.717, 1.165) is 24.7 Å². The molecular formula is C6H12N5Na3O6S4. The van der Waals surface area contributed by atoms with Crippen molar-refractivity contribution < 1.29 is 88.7 Å². The molecule has 0 bridgehead atoms. The monoisotopic (exact) mass is 447 g/mol. The van der Waals surface area contributed by atoms with Gasteiger partial charge in [-0.2, -0.15) is 0 Å². The third-order valence-corrected chi connectivity index (χ3v) is 5.07. The molecule has 0 N–H and O–H groups in total. The van der Waals surface area contributed by atoms with E-state index in [1.54, 1.807) is 0 Å². The van der Waals surface area contributed by atoms with Crippen LogP contribution in [0.5, 0.6) is 0 Å². The summed E-state index contributed by atoms with van der Waals surface area (Å²) >= 11 is 10.1. The van der Waals surface area contributed by atoms with E-state index in [9.17, 15) is 0 Å². The molecule has 0 aliphatic rings. The maximum atomic E-state index is 8.00. The first-order valence-electron chi connectivity index (χ1n) is 4.31. The minimum atomic E-state index is 0. The molecule has 0 aromatic carbocycles. The molecule has 0 aromatic rings. The number of nitrogens with zero attached hydrogens (tertiary/aromatic N) is 5. The van der Waals surface area contributed by atoms with E-state index in [4.69, 9.17) is 54.8 Å². The van der Waals surface area contributed by atoms with Crippen LogP contribution < -0.4 is 88.7 Å². The van der Waals surface area contributed by atoms with Crippen molar-refractivity contribution in [2.24, 2.45) is 16.0 Å². The van der Waals surface area contributed by atoms with E-state index in [2.05, 4.69) is 0 Å². The third-order valence-electron chi connectivity index (χ3n) is 0.915. The van der Waals surface area contributed by atoms with Gasteiger partial charge in [0, 0.05) is 28.2 Å². The fraction of sp³-hybridized carbons (Fsp3) is 0.667. The maximum Gasteiger partial charge on any atom is 1.00 e.